The molecule has 2 aliphatic heterocycles. The molecule has 130 valence electrons. The van der Waals surface area contributed by atoms with Gasteiger partial charge in [0.1, 0.15) is 11.9 Å². The minimum Gasteiger partial charge on any atom is -0.442 e. The minimum atomic E-state index is -2.76. The number of nitrogens with one attached hydrogen (secondary N) is 1. The average molecular weight is 341 g/mol. The maximum Gasteiger partial charge on any atom is 0.414 e. The molecule has 0 aliphatic carbocycles. The number of carbonyl (C=O) groups excluding carboxylic acids is 2. The van der Waals surface area contributed by atoms with Crippen LogP contribution in [0.3, 0.4) is 0 Å². The van der Waals surface area contributed by atoms with Crippen molar-refractivity contribution in [3.05, 3.63) is 24.0 Å². The molecular formula is C16H20FN3O4. The number of morpholine rings is 1. The molecule has 8 heteroatoms. The molecule has 0 saturated carbocycles. The van der Waals surface area contributed by atoms with Crippen molar-refractivity contribution in [2.24, 2.45) is 0 Å². The quantitative estimate of drug-likeness (QED) is 0.831. The highest BCUT2D eigenvalue weighted by Gasteiger charge is 2.32. The lowest BCUT2D eigenvalue weighted by Crippen LogP contribution is -2.36. The predicted molar refractivity (Wildman–Crippen MR) is 85.7 cm³/mol. The Morgan fingerprint density at radius 2 is 2.25 bits per heavy atom. The van der Waals surface area contributed by atoms with Gasteiger partial charge in [-0.15, -0.1) is 0 Å². The summed E-state index contributed by atoms with van der Waals surface area (Å²) in [7, 11) is 0. The molecule has 2 aliphatic rings. The second-order valence-electron chi connectivity index (χ2n) is 5.56. The van der Waals surface area contributed by atoms with Crippen LogP contribution in [0.5, 0.6) is 0 Å². The Morgan fingerprint density at radius 1 is 1.46 bits per heavy atom. The maximum atomic E-state index is 14.5. The van der Waals surface area contributed by atoms with E-state index in [0.29, 0.717) is 37.7 Å². The van der Waals surface area contributed by atoms with Crippen LogP contribution in [0.25, 0.3) is 0 Å². The number of ether oxygens (including phenoxy) is 2. The van der Waals surface area contributed by atoms with Crippen LogP contribution < -0.4 is 15.1 Å². The fourth-order valence-electron chi connectivity index (χ4n) is 2.77. The molecule has 2 amide bonds. The zero-order chi connectivity index (χ0) is 19.6. The van der Waals surface area contributed by atoms with E-state index < -0.39 is 30.8 Å². The lowest BCUT2D eigenvalue weighted by Gasteiger charge is -2.29. The number of amides is 2. The van der Waals surface area contributed by atoms with Crippen LogP contribution in [0, 0.1) is 5.82 Å². The molecule has 0 bridgehead atoms. The minimum absolute atomic E-state index is 0.0798. The topological polar surface area (TPSA) is 71.1 Å². The lowest BCUT2D eigenvalue weighted by molar-refractivity contribution is -0.119. The molecule has 2 saturated heterocycles. The third-order valence-electron chi connectivity index (χ3n) is 3.96. The first kappa shape index (κ1) is 13.0. The lowest BCUT2D eigenvalue weighted by atomic mass is 10.2. The molecule has 1 aromatic rings. The van der Waals surface area contributed by atoms with E-state index in [1.807, 2.05) is 4.90 Å². The third-order valence-corrected chi connectivity index (χ3v) is 3.96. The number of rotatable bonds is 4. The van der Waals surface area contributed by atoms with Gasteiger partial charge in [-0.3, -0.25) is 9.69 Å². The van der Waals surface area contributed by atoms with E-state index in [1.165, 1.54) is 11.0 Å². The summed E-state index contributed by atoms with van der Waals surface area (Å²) in [5.74, 6) is -1.57. The van der Waals surface area contributed by atoms with Crippen molar-refractivity contribution in [3.8, 4) is 0 Å². The predicted octanol–water partition coefficient (Wildman–Crippen LogP) is 1.12. The summed E-state index contributed by atoms with van der Waals surface area (Å²) in [5, 5.41) is 2.22. The van der Waals surface area contributed by atoms with Crippen LogP contribution >= 0.6 is 0 Å². The molecular weight excluding hydrogens is 318 g/mol. The first-order chi connectivity index (χ1) is 12.8. The number of halogens is 1. The van der Waals surface area contributed by atoms with E-state index in [0.717, 1.165) is 0 Å². The molecule has 24 heavy (non-hydrogen) atoms. The van der Waals surface area contributed by atoms with Gasteiger partial charge in [0, 0.05) is 24.1 Å². The van der Waals surface area contributed by atoms with Crippen molar-refractivity contribution < 1.29 is 27.6 Å². The zero-order valence-electron chi connectivity index (χ0n) is 16.0. The van der Waals surface area contributed by atoms with Crippen molar-refractivity contribution >= 4 is 23.4 Å². The Bertz CT molecular complexity index is 725. The smallest absolute Gasteiger partial charge is 0.414 e. The number of hydrogen-bond acceptors (Lipinski definition) is 5. The van der Waals surface area contributed by atoms with E-state index in [9.17, 15) is 14.0 Å². The van der Waals surface area contributed by atoms with Gasteiger partial charge >= 0.3 is 6.09 Å². The van der Waals surface area contributed by atoms with E-state index in [1.54, 1.807) is 12.1 Å². The van der Waals surface area contributed by atoms with Crippen LogP contribution in [0.4, 0.5) is 20.6 Å². The molecule has 2 fully saturated rings. The molecule has 7 nitrogen and oxygen atoms in total. The van der Waals surface area contributed by atoms with Crippen molar-refractivity contribution in [2.45, 2.75) is 13.0 Å². The first-order valence-corrected chi connectivity index (χ1v) is 7.64. The summed E-state index contributed by atoms with van der Waals surface area (Å²) in [6.45, 7) is -0.571. The Labute approximate surface area is 143 Å². The zero-order valence-corrected chi connectivity index (χ0v) is 13.0. The van der Waals surface area contributed by atoms with Crippen molar-refractivity contribution in [1.82, 2.24) is 5.32 Å². The van der Waals surface area contributed by atoms with Gasteiger partial charge < -0.3 is 19.7 Å². The second-order valence-corrected chi connectivity index (χ2v) is 5.56. The van der Waals surface area contributed by atoms with Crippen LogP contribution in [0.1, 0.15) is 11.0 Å². The van der Waals surface area contributed by atoms with Gasteiger partial charge in [0.15, 0.2) is 0 Å². The summed E-state index contributed by atoms with van der Waals surface area (Å²) in [5.41, 5.74) is 0.773. The number of benzene rings is 1. The van der Waals surface area contributed by atoms with Gasteiger partial charge in [0.25, 0.3) is 0 Å². The highest BCUT2D eigenvalue weighted by molar-refractivity contribution is 5.90. The summed E-state index contributed by atoms with van der Waals surface area (Å²) in [6, 6.07) is 4.49. The van der Waals surface area contributed by atoms with Crippen LogP contribution in [-0.4, -0.2) is 57.5 Å². The fraction of sp³-hybridized carbons (Fsp3) is 0.500. The highest BCUT2D eigenvalue weighted by atomic mass is 19.1. The van der Waals surface area contributed by atoms with Crippen LogP contribution in [0.2, 0.25) is 0 Å². The molecule has 0 radical (unpaired) electrons. The van der Waals surface area contributed by atoms with E-state index in [-0.39, 0.29) is 13.1 Å². The Hall–Kier alpha value is -2.35. The fourth-order valence-corrected chi connectivity index (χ4v) is 2.77. The number of nitrogens with zero attached hydrogens (tertiary/aromatic N) is 2. The maximum absolute atomic E-state index is 14.5. The molecule has 0 spiro atoms. The monoisotopic (exact) mass is 341 g/mol. The van der Waals surface area contributed by atoms with E-state index in [2.05, 4.69) is 5.32 Å². The van der Waals surface area contributed by atoms with Crippen molar-refractivity contribution in [3.63, 3.8) is 0 Å². The van der Waals surface area contributed by atoms with Gasteiger partial charge in [-0.05, 0) is 18.2 Å². The van der Waals surface area contributed by atoms with Gasteiger partial charge in [0.2, 0.25) is 5.91 Å². The number of anilines is 2. The Kier molecular flexibility index (Phi) is 3.81. The first-order valence-electron chi connectivity index (χ1n) is 9.14. The van der Waals surface area contributed by atoms with E-state index >= 15 is 0 Å². The summed E-state index contributed by atoms with van der Waals surface area (Å²) in [6.07, 6.45) is -1.40. The summed E-state index contributed by atoms with van der Waals surface area (Å²) in [4.78, 5) is 26.6. The normalized spacial score (nSPS) is 23.3. The average Bonchev–Trinajstić information content (AvgIpc) is 3.00. The van der Waals surface area contributed by atoms with Crippen LogP contribution in [0.15, 0.2) is 18.2 Å². The Morgan fingerprint density at radius 3 is 2.96 bits per heavy atom. The van der Waals surface area contributed by atoms with Gasteiger partial charge in [-0.25, -0.2) is 9.18 Å². The number of carbonyl (C=O) groups is 2. The molecule has 0 unspecified atom stereocenters. The highest BCUT2D eigenvalue weighted by Crippen LogP contribution is 2.28. The molecule has 2 heterocycles. The molecule has 1 N–H and O–H groups in total. The molecule has 3 rings (SSSR count). The van der Waals surface area contributed by atoms with Gasteiger partial charge in [0.05, 0.1) is 37.7 Å². The molecule has 1 aromatic carbocycles. The van der Waals surface area contributed by atoms with Crippen molar-refractivity contribution in [1.29, 1.82) is 0 Å². The number of hydrogen-bond donors (Lipinski definition) is 1. The van der Waals surface area contributed by atoms with Gasteiger partial charge in [-0.1, -0.05) is 0 Å². The summed E-state index contributed by atoms with van der Waals surface area (Å²) >= 11 is 0. The van der Waals surface area contributed by atoms with Crippen molar-refractivity contribution in [2.75, 3.05) is 49.2 Å². The SMILES string of the molecule is [2H][13C]([2H])([2H])C(=O)NC[C@H]1CN(c2ccc(N3CCOCC3)c(F)c2)C(=O)O1. The standard InChI is InChI=1S/C16H20FN3O4/c1-11(21)18-9-13-10-20(16(22)24-13)12-2-3-15(14(17)8-12)19-4-6-23-7-5-19/h2-3,8,13H,4-7,9-10H2,1H3,(H,18,21)/t13-/m0/s1/i1+1D3. The molecule has 0 aromatic heterocycles. The Balaban J connectivity index is 1.63. The summed E-state index contributed by atoms with van der Waals surface area (Å²) < 4.78 is 45.9. The van der Waals surface area contributed by atoms with Crippen LogP contribution in [-0.2, 0) is 14.3 Å². The van der Waals surface area contributed by atoms with Gasteiger partial charge in [-0.2, -0.15) is 0 Å². The second kappa shape index (κ2) is 7.04. The molecule has 1 atom stereocenters. The van der Waals surface area contributed by atoms with E-state index in [4.69, 9.17) is 13.6 Å². The largest absolute Gasteiger partial charge is 0.442 e. The third kappa shape index (κ3) is 3.59. The number of cyclic esters (lactones) is 1.